The van der Waals surface area contributed by atoms with E-state index in [4.69, 9.17) is 14.4 Å². The Bertz CT molecular complexity index is 2750. The number of nitrogens with one attached hydrogen (secondary N) is 1. The summed E-state index contributed by atoms with van der Waals surface area (Å²) < 4.78 is 79.1. The lowest BCUT2D eigenvalue weighted by atomic mass is 9.84. The van der Waals surface area contributed by atoms with Gasteiger partial charge in [-0.2, -0.15) is 0 Å². The molecule has 14 heteroatoms. The molecular formula is C38H33F3N6O4S. The number of carbonyl (C=O) groups excluding carboxylic acids is 1. The number of benzene rings is 3. The van der Waals surface area contributed by atoms with Crippen LogP contribution in [0, 0.1) is 22.9 Å². The molecule has 1 saturated heterocycles. The van der Waals surface area contributed by atoms with Crippen LogP contribution in [0.25, 0.3) is 61.0 Å². The number of pyridine rings is 1. The van der Waals surface area contributed by atoms with Crippen molar-refractivity contribution >= 4 is 60.0 Å². The van der Waals surface area contributed by atoms with E-state index in [1.807, 2.05) is 10.5 Å². The average Bonchev–Trinajstić information content (AvgIpc) is 3.65. The van der Waals surface area contributed by atoms with Crippen LogP contribution in [-0.2, 0) is 16.6 Å². The van der Waals surface area contributed by atoms with E-state index in [0.29, 0.717) is 51.3 Å². The van der Waals surface area contributed by atoms with Gasteiger partial charge in [-0.15, -0.1) is 0 Å². The van der Waals surface area contributed by atoms with Crippen molar-refractivity contribution < 1.29 is 30.8 Å². The highest BCUT2D eigenvalue weighted by molar-refractivity contribution is 7.92. The second kappa shape index (κ2) is 11.8. The van der Waals surface area contributed by atoms with E-state index < -0.39 is 27.6 Å². The van der Waals surface area contributed by atoms with Gasteiger partial charge < -0.3 is 9.73 Å². The summed E-state index contributed by atoms with van der Waals surface area (Å²) in [5.74, 6) is -2.18. The van der Waals surface area contributed by atoms with Gasteiger partial charge >= 0.3 is 0 Å². The number of rotatable bonds is 7. The maximum atomic E-state index is 15.2. The molecule has 0 saturated carbocycles. The first-order valence-electron chi connectivity index (χ1n) is 16.5. The Morgan fingerprint density at radius 2 is 1.71 bits per heavy atom. The second-order valence-electron chi connectivity index (χ2n) is 14.0. The first-order chi connectivity index (χ1) is 24.6. The lowest BCUT2D eigenvalue weighted by molar-refractivity contribution is 0.0220. The first-order valence-corrected chi connectivity index (χ1v) is 18.3. The molecule has 0 bridgehead atoms. The van der Waals surface area contributed by atoms with Gasteiger partial charge in [0, 0.05) is 55.7 Å². The van der Waals surface area contributed by atoms with Gasteiger partial charge in [0.25, 0.3) is 5.91 Å². The van der Waals surface area contributed by atoms with Crippen molar-refractivity contribution in [2.24, 2.45) is 5.41 Å². The number of anilines is 1. The van der Waals surface area contributed by atoms with Crippen molar-refractivity contribution in [2.75, 3.05) is 37.7 Å². The van der Waals surface area contributed by atoms with Crippen LogP contribution in [0.5, 0.6) is 0 Å². The topological polar surface area (TPSA) is 113 Å². The van der Waals surface area contributed by atoms with Crippen molar-refractivity contribution in [1.29, 1.82) is 0 Å². The number of halogens is 3. The van der Waals surface area contributed by atoms with Crippen LogP contribution in [-0.4, -0.2) is 67.0 Å². The lowest BCUT2D eigenvalue weighted by Gasteiger charge is -2.45. The molecule has 1 fully saturated rings. The summed E-state index contributed by atoms with van der Waals surface area (Å²) in [6.45, 7) is 6.72. The molecule has 1 aliphatic rings. The average molecular weight is 727 g/mol. The molecule has 3 aromatic carbocycles. The van der Waals surface area contributed by atoms with Gasteiger partial charge in [-0.05, 0) is 53.9 Å². The highest BCUT2D eigenvalue weighted by Gasteiger charge is 2.35. The van der Waals surface area contributed by atoms with Crippen LogP contribution in [0.4, 0.5) is 18.9 Å². The summed E-state index contributed by atoms with van der Waals surface area (Å²) in [5, 5.41) is 3.20. The largest absolute Gasteiger partial charge is 0.455 e. The third kappa shape index (κ3) is 5.44. The molecule has 52 heavy (non-hydrogen) atoms. The summed E-state index contributed by atoms with van der Waals surface area (Å²) in [4.78, 5) is 25.7. The van der Waals surface area contributed by atoms with Crippen LogP contribution in [0.1, 0.15) is 30.0 Å². The maximum absolute atomic E-state index is 15.2. The zero-order valence-corrected chi connectivity index (χ0v) is 29.7. The molecular weight excluding hydrogens is 694 g/mol. The van der Waals surface area contributed by atoms with Gasteiger partial charge in [0.15, 0.2) is 5.76 Å². The van der Waals surface area contributed by atoms with E-state index in [0.717, 1.165) is 35.5 Å². The zero-order valence-electron chi connectivity index (χ0n) is 28.9. The molecule has 8 rings (SSSR count). The van der Waals surface area contributed by atoms with E-state index in [-0.39, 0.29) is 44.8 Å². The Morgan fingerprint density at radius 3 is 2.40 bits per heavy atom. The summed E-state index contributed by atoms with van der Waals surface area (Å²) in [6, 6.07) is 16.0. The molecule has 4 aromatic heterocycles. The van der Waals surface area contributed by atoms with E-state index in [2.05, 4.69) is 24.1 Å². The third-order valence-corrected chi connectivity index (χ3v) is 10.8. The monoisotopic (exact) mass is 726 g/mol. The normalized spacial score (nSPS) is 14.8. The van der Waals surface area contributed by atoms with Gasteiger partial charge in [-0.25, -0.2) is 31.6 Å². The van der Waals surface area contributed by atoms with Crippen molar-refractivity contribution in [1.82, 2.24) is 24.6 Å². The molecule has 5 heterocycles. The number of amides is 1. The van der Waals surface area contributed by atoms with Crippen LogP contribution < -0.4 is 9.62 Å². The summed E-state index contributed by atoms with van der Waals surface area (Å²) >= 11 is 0. The number of hydrogen-bond acceptors (Lipinski definition) is 7. The number of aromatic nitrogens is 3. The minimum Gasteiger partial charge on any atom is -0.455 e. The fourth-order valence-corrected chi connectivity index (χ4v) is 7.80. The number of sulfonamides is 1. The van der Waals surface area contributed by atoms with Crippen molar-refractivity contribution in [3.63, 3.8) is 0 Å². The number of hydrogen-bond donors (Lipinski definition) is 1. The lowest BCUT2D eigenvalue weighted by Crippen LogP contribution is -2.52. The predicted octanol–water partition coefficient (Wildman–Crippen LogP) is 7.13. The Balaban J connectivity index is 1.39. The molecule has 0 unspecified atom stereocenters. The summed E-state index contributed by atoms with van der Waals surface area (Å²) in [6.07, 6.45) is 1.04. The Labute approximate surface area is 296 Å². The van der Waals surface area contributed by atoms with Gasteiger partial charge in [0.05, 0.1) is 51.9 Å². The first kappa shape index (κ1) is 33.7. The van der Waals surface area contributed by atoms with Crippen molar-refractivity contribution in [3.8, 4) is 22.6 Å². The van der Waals surface area contributed by atoms with E-state index in [9.17, 15) is 17.6 Å². The molecule has 0 spiro atoms. The molecule has 1 amide bonds. The highest BCUT2D eigenvalue weighted by atomic mass is 32.2. The molecule has 0 radical (unpaired) electrons. The molecule has 1 N–H and O–H groups in total. The van der Waals surface area contributed by atoms with Crippen LogP contribution >= 0.6 is 0 Å². The summed E-state index contributed by atoms with van der Waals surface area (Å²) in [5.41, 5.74) is 3.14. The number of nitrogens with zero attached hydrogens (tertiary/aromatic N) is 5. The Morgan fingerprint density at radius 1 is 0.942 bits per heavy atom. The van der Waals surface area contributed by atoms with Gasteiger partial charge in [0.2, 0.25) is 10.0 Å². The molecule has 0 aliphatic carbocycles. The SMILES string of the molecule is CNC(=O)c1c(-c2ccc(F)cc2F)oc2cc(N(C)S(C)(=O)=O)c(-c3ccc4nc(CN5CC(C)(C)C5)n5c6cccc(F)c6cc5c4n3)cc12. The van der Waals surface area contributed by atoms with E-state index >= 15 is 8.78 Å². The van der Waals surface area contributed by atoms with Gasteiger partial charge in [-0.3, -0.25) is 18.4 Å². The number of fused-ring (bicyclic) bond motifs is 6. The van der Waals surface area contributed by atoms with Crippen LogP contribution in [0.3, 0.4) is 0 Å². The fraction of sp³-hybridized carbons (Fsp3) is 0.237. The number of furan rings is 1. The smallest absolute Gasteiger partial charge is 0.255 e. The quantitative estimate of drug-likeness (QED) is 0.186. The number of likely N-dealkylation sites (tertiary alicyclic amines) is 1. The van der Waals surface area contributed by atoms with Gasteiger partial charge in [0.1, 0.15) is 34.4 Å². The Kier molecular flexibility index (Phi) is 7.63. The molecule has 266 valence electrons. The Hall–Kier alpha value is -5.47. The second-order valence-corrected chi connectivity index (χ2v) is 16.1. The minimum atomic E-state index is -3.84. The fourth-order valence-electron chi connectivity index (χ4n) is 7.29. The molecule has 1 aliphatic heterocycles. The molecule has 7 aromatic rings. The predicted molar refractivity (Wildman–Crippen MR) is 194 cm³/mol. The van der Waals surface area contributed by atoms with Crippen molar-refractivity contribution in [3.05, 3.63) is 95.6 Å². The number of carbonyl (C=O) groups is 1. The highest BCUT2D eigenvalue weighted by Crippen LogP contribution is 2.42. The van der Waals surface area contributed by atoms with Crippen molar-refractivity contribution in [2.45, 2.75) is 20.4 Å². The zero-order chi connectivity index (χ0) is 36.9. The van der Waals surface area contributed by atoms with E-state index in [1.165, 1.54) is 32.3 Å². The van der Waals surface area contributed by atoms with Gasteiger partial charge in [-0.1, -0.05) is 19.9 Å². The van der Waals surface area contributed by atoms with E-state index in [1.54, 1.807) is 30.3 Å². The van der Waals surface area contributed by atoms with Crippen LogP contribution in [0.15, 0.2) is 71.1 Å². The summed E-state index contributed by atoms with van der Waals surface area (Å²) in [7, 11) is -1.07. The molecule has 0 atom stereocenters. The standard InChI is InChI=1S/C38H33F3N6O4S/c1-38(2)18-46(19-38)17-33-43-28-12-11-27(44-35(28)31-15-22-25(40)7-6-8-29(22)47(31)33)23-14-24-32(16-30(23)45(4)52(5,49)50)51-36(34(24)37(48)42-3)21-10-9-20(39)13-26(21)41/h6-16H,17-19H2,1-5H3,(H,42,48). The minimum absolute atomic E-state index is 0.0326. The van der Waals surface area contributed by atoms with Crippen LogP contribution in [0.2, 0.25) is 0 Å². The molecule has 10 nitrogen and oxygen atoms in total. The maximum Gasteiger partial charge on any atom is 0.255 e. The third-order valence-electron chi connectivity index (χ3n) is 9.63.